The standard InChI is InChI=1S/C21H24N6/c1-14-4-2-5-16(10-14)18-6-3-9-27(18)21-12-19(22-13-23-21)24-20-11-17(25-26-20)15-7-8-15/h2,4-5,10-13,15,18H,3,6-9H2,1H3,(H2,22,23,24,25,26). The second-order valence-corrected chi connectivity index (χ2v) is 7.63. The van der Waals surface area contributed by atoms with Crippen molar-refractivity contribution in [2.24, 2.45) is 0 Å². The van der Waals surface area contributed by atoms with E-state index in [2.05, 4.69) is 67.6 Å². The molecule has 1 aliphatic carbocycles. The largest absolute Gasteiger partial charge is 0.349 e. The van der Waals surface area contributed by atoms with Crippen LogP contribution in [0, 0.1) is 6.92 Å². The zero-order chi connectivity index (χ0) is 18.2. The number of benzene rings is 1. The second-order valence-electron chi connectivity index (χ2n) is 7.63. The maximum atomic E-state index is 4.55. The molecule has 6 nitrogen and oxygen atoms in total. The minimum atomic E-state index is 0.375. The smallest absolute Gasteiger partial charge is 0.153 e. The summed E-state index contributed by atoms with van der Waals surface area (Å²) < 4.78 is 0. The number of rotatable bonds is 5. The Balaban J connectivity index is 1.37. The van der Waals surface area contributed by atoms with Crippen LogP contribution in [0.15, 0.2) is 42.7 Å². The molecule has 0 radical (unpaired) electrons. The van der Waals surface area contributed by atoms with Crippen molar-refractivity contribution in [3.8, 4) is 0 Å². The van der Waals surface area contributed by atoms with Gasteiger partial charge in [0.1, 0.15) is 18.0 Å². The summed E-state index contributed by atoms with van der Waals surface area (Å²) in [5, 5.41) is 10.8. The lowest BCUT2D eigenvalue weighted by molar-refractivity contribution is 0.710. The third-order valence-corrected chi connectivity index (χ3v) is 5.50. The fraction of sp³-hybridized carbons (Fsp3) is 0.381. The van der Waals surface area contributed by atoms with Crippen LogP contribution in [0.4, 0.5) is 17.5 Å². The molecular formula is C21H24N6. The first-order valence-corrected chi connectivity index (χ1v) is 9.74. The molecule has 0 bridgehead atoms. The average molecular weight is 360 g/mol. The number of nitrogens with zero attached hydrogens (tertiary/aromatic N) is 4. The molecule has 138 valence electrons. The maximum Gasteiger partial charge on any atom is 0.153 e. The van der Waals surface area contributed by atoms with Gasteiger partial charge in [0.05, 0.1) is 6.04 Å². The highest BCUT2D eigenvalue weighted by Gasteiger charge is 2.28. The number of nitrogens with one attached hydrogen (secondary N) is 2. The number of aryl methyl sites for hydroxylation is 1. The minimum absolute atomic E-state index is 0.375. The summed E-state index contributed by atoms with van der Waals surface area (Å²) >= 11 is 0. The number of aromatic amines is 1. The normalized spacial score (nSPS) is 19.4. The summed E-state index contributed by atoms with van der Waals surface area (Å²) in [6.07, 6.45) is 6.48. The van der Waals surface area contributed by atoms with Crippen LogP contribution in [-0.4, -0.2) is 26.7 Å². The van der Waals surface area contributed by atoms with Crippen molar-refractivity contribution in [1.29, 1.82) is 0 Å². The molecule has 5 rings (SSSR count). The molecule has 0 spiro atoms. The molecule has 2 aliphatic rings. The van der Waals surface area contributed by atoms with Crippen molar-refractivity contribution in [3.05, 3.63) is 59.5 Å². The van der Waals surface area contributed by atoms with Gasteiger partial charge < -0.3 is 10.2 Å². The third-order valence-electron chi connectivity index (χ3n) is 5.50. The van der Waals surface area contributed by atoms with E-state index in [0.29, 0.717) is 12.0 Å². The summed E-state index contributed by atoms with van der Waals surface area (Å²) in [7, 11) is 0. The van der Waals surface area contributed by atoms with E-state index in [1.165, 1.54) is 36.1 Å². The fourth-order valence-electron chi connectivity index (χ4n) is 3.97. The van der Waals surface area contributed by atoms with Crippen molar-refractivity contribution < 1.29 is 0 Å². The van der Waals surface area contributed by atoms with Crippen molar-refractivity contribution in [2.75, 3.05) is 16.8 Å². The highest BCUT2D eigenvalue weighted by atomic mass is 15.2. The van der Waals surface area contributed by atoms with Crippen molar-refractivity contribution in [3.63, 3.8) is 0 Å². The Morgan fingerprint density at radius 2 is 2.00 bits per heavy atom. The van der Waals surface area contributed by atoms with Crippen LogP contribution in [0.5, 0.6) is 0 Å². The SMILES string of the molecule is Cc1cccc(C2CCCN2c2cc(Nc3cc(C4CC4)[nH]n3)ncn2)c1. The van der Waals surface area contributed by atoms with E-state index in [4.69, 9.17) is 0 Å². The van der Waals surface area contributed by atoms with Gasteiger partial charge in [-0.25, -0.2) is 9.97 Å². The molecule has 3 aromatic rings. The first-order chi connectivity index (χ1) is 13.3. The Hall–Kier alpha value is -2.89. The molecule has 3 heterocycles. The van der Waals surface area contributed by atoms with E-state index in [1.807, 2.05) is 6.07 Å². The van der Waals surface area contributed by atoms with Gasteiger partial charge in [0.25, 0.3) is 0 Å². The zero-order valence-corrected chi connectivity index (χ0v) is 15.5. The molecule has 2 aromatic heterocycles. The van der Waals surface area contributed by atoms with Gasteiger partial charge in [-0.15, -0.1) is 0 Å². The zero-order valence-electron chi connectivity index (χ0n) is 15.5. The molecule has 1 unspecified atom stereocenters. The van der Waals surface area contributed by atoms with E-state index in [-0.39, 0.29) is 0 Å². The number of anilines is 3. The van der Waals surface area contributed by atoms with E-state index in [9.17, 15) is 0 Å². The summed E-state index contributed by atoms with van der Waals surface area (Å²) in [5.74, 6) is 3.23. The van der Waals surface area contributed by atoms with E-state index in [0.717, 1.165) is 30.4 Å². The van der Waals surface area contributed by atoms with Gasteiger partial charge in [-0.05, 0) is 38.2 Å². The van der Waals surface area contributed by atoms with Crippen LogP contribution in [0.3, 0.4) is 0 Å². The Morgan fingerprint density at radius 3 is 2.85 bits per heavy atom. The quantitative estimate of drug-likeness (QED) is 0.702. The van der Waals surface area contributed by atoms with E-state index in [1.54, 1.807) is 6.33 Å². The van der Waals surface area contributed by atoms with Gasteiger partial charge in [-0.3, -0.25) is 5.10 Å². The van der Waals surface area contributed by atoms with Crippen LogP contribution in [0.2, 0.25) is 0 Å². The molecular weight excluding hydrogens is 336 g/mol. The molecule has 2 fully saturated rings. The van der Waals surface area contributed by atoms with Gasteiger partial charge in [-0.2, -0.15) is 5.10 Å². The highest BCUT2D eigenvalue weighted by Crippen LogP contribution is 2.40. The number of hydrogen-bond donors (Lipinski definition) is 2. The topological polar surface area (TPSA) is 69.7 Å². The van der Waals surface area contributed by atoms with Crippen LogP contribution >= 0.6 is 0 Å². The van der Waals surface area contributed by atoms with Gasteiger partial charge in [0, 0.05) is 30.3 Å². The predicted octanol–water partition coefficient (Wildman–Crippen LogP) is 4.47. The number of aromatic nitrogens is 4. The van der Waals surface area contributed by atoms with Gasteiger partial charge in [0.2, 0.25) is 0 Å². The van der Waals surface area contributed by atoms with Crippen molar-refractivity contribution >= 4 is 17.5 Å². The Labute approximate surface area is 159 Å². The van der Waals surface area contributed by atoms with Crippen LogP contribution in [0.25, 0.3) is 0 Å². The Kier molecular flexibility index (Phi) is 4.03. The highest BCUT2D eigenvalue weighted by molar-refractivity contribution is 5.57. The van der Waals surface area contributed by atoms with Gasteiger partial charge in [-0.1, -0.05) is 29.8 Å². The monoisotopic (exact) mass is 360 g/mol. The minimum Gasteiger partial charge on any atom is -0.349 e. The molecule has 2 N–H and O–H groups in total. The first kappa shape index (κ1) is 16.3. The van der Waals surface area contributed by atoms with Crippen molar-refractivity contribution in [2.45, 2.75) is 44.6 Å². The molecule has 1 saturated carbocycles. The van der Waals surface area contributed by atoms with Gasteiger partial charge >= 0.3 is 0 Å². The number of H-pyrrole nitrogens is 1. The summed E-state index contributed by atoms with van der Waals surface area (Å²) in [4.78, 5) is 11.3. The molecule has 1 saturated heterocycles. The van der Waals surface area contributed by atoms with Crippen LogP contribution < -0.4 is 10.2 Å². The maximum absolute atomic E-state index is 4.55. The van der Waals surface area contributed by atoms with Crippen molar-refractivity contribution in [1.82, 2.24) is 20.2 Å². The lowest BCUT2D eigenvalue weighted by Crippen LogP contribution is -2.23. The molecule has 1 atom stereocenters. The average Bonchev–Trinajstić information content (AvgIpc) is 3.22. The lowest BCUT2D eigenvalue weighted by Gasteiger charge is -2.26. The van der Waals surface area contributed by atoms with Gasteiger partial charge in [0.15, 0.2) is 5.82 Å². The van der Waals surface area contributed by atoms with E-state index >= 15 is 0 Å². The summed E-state index contributed by atoms with van der Waals surface area (Å²) in [6, 6.07) is 13.3. The van der Waals surface area contributed by atoms with E-state index < -0.39 is 0 Å². The summed E-state index contributed by atoms with van der Waals surface area (Å²) in [5.41, 5.74) is 3.88. The third kappa shape index (κ3) is 3.39. The summed E-state index contributed by atoms with van der Waals surface area (Å²) in [6.45, 7) is 3.17. The predicted molar refractivity (Wildman–Crippen MR) is 106 cm³/mol. The Bertz CT molecular complexity index is 945. The first-order valence-electron chi connectivity index (χ1n) is 9.74. The van der Waals surface area contributed by atoms with Crippen LogP contribution in [0.1, 0.15) is 54.5 Å². The fourth-order valence-corrected chi connectivity index (χ4v) is 3.97. The molecule has 1 aromatic carbocycles. The molecule has 27 heavy (non-hydrogen) atoms. The lowest BCUT2D eigenvalue weighted by atomic mass is 10.0. The molecule has 6 heteroatoms. The molecule has 0 amide bonds. The number of hydrogen-bond acceptors (Lipinski definition) is 5. The molecule has 1 aliphatic heterocycles. The second kappa shape index (κ2) is 6.68. The Morgan fingerprint density at radius 1 is 1.07 bits per heavy atom. The van der Waals surface area contributed by atoms with Crippen LogP contribution in [-0.2, 0) is 0 Å².